The van der Waals surface area contributed by atoms with Crippen molar-refractivity contribution in [1.29, 1.82) is 0 Å². The van der Waals surface area contributed by atoms with Gasteiger partial charge in [0.15, 0.2) is 11.5 Å². The number of sulfonamides is 1. The third kappa shape index (κ3) is 8.63. The molecule has 4 heterocycles. The molecule has 2 aromatic carbocycles. The molecule has 14 nitrogen and oxygen atoms in total. The van der Waals surface area contributed by atoms with Gasteiger partial charge in [0.25, 0.3) is 5.91 Å². The molecule has 18 heteroatoms. The van der Waals surface area contributed by atoms with Gasteiger partial charge in [-0.05, 0) is 75.6 Å². The number of Topliss-reactive ketones (excluding diaryl/α,β-unsaturated/α-hetero) is 1. The standard InChI is InChI=1S/C41H42F3N5O9S/c1-23-17-33(47-58-23)36(51)45-32-12-6-4-2-3-5-9-24-20-40(24,39(53)48-59(54,55)27-14-15-27)21-35(50)34-19-26(22-49(34)38(32)52)56-37-29-16-13-25(57-41(42,43)44)18-30(29)28-10-7-8-11-31(28)46-37/h5,7-11,13,16-18,24,26-27,32,34H,2-4,6,12,14-15,19-22H2,1H3,(H,45,51)(H,48,53)/b9-5-/t24-,26-,32+,34+,40-/m1/s1. The van der Waals surface area contributed by atoms with Gasteiger partial charge < -0.3 is 24.2 Å². The number of rotatable bonds is 8. The Bertz CT molecular complexity index is 2470. The number of amides is 3. The summed E-state index contributed by atoms with van der Waals surface area (Å²) in [6.45, 7) is 1.48. The smallest absolute Gasteiger partial charge is 0.472 e. The first kappa shape index (κ1) is 40.3. The number of hydrogen-bond donors (Lipinski definition) is 2. The van der Waals surface area contributed by atoms with E-state index in [2.05, 4.69) is 24.9 Å². The lowest BCUT2D eigenvalue weighted by Gasteiger charge is -2.29. The van der Waals surface area contributed by atoms with E-state index < -0.39 is 80.4 Å². The number of pyridine rings is 1. The van der Waals surface area contributed by atoms with Crippen LogP contribution >= 0.6 is 0 Å². The summed E-state index contributed by atoms with van der Waals surface area (Å²) in [5.41, 5.74) is -0.973. The summed E-state index contributed by atoms with van der Waals surface area (Å²) in [6.07, 6.45) is 1.59. The Kier molecular flexibility index (Phi) is 10.6. The van der Waals surface area contributed by atoms with Gasteiger partial charge in [-0.25, -0.2) is 13.4 Å². The Hall–Kier alpha value is -5.52. The first-order valence-electron chi connectivity index (χ1n) is 19.7. The van der Waals surface area contributed by atoms with Crippen LogP contribution in [0.2, 0.25) is 0 Å². The molecule has 2 N–H and O–H groups in total. The second kappa shape index (κ2) is 15.6. The summed E-state index contributed by atoms with van der Waals surface area (Å²) in [4.78, 5) is 62.4. The summed E-state index contributed by atoms with van der Waals surface area (Å²) in [5, 5.41) is 7.15. The van der Waals surface area contributed by atoms with E-state index in [4.69, 9.17) is 9.26 Å². The number of hydrogen-bond acceptors (Lipinski definition) is 11. The van der Waals surface area contributed by atoms with Crippen LogP contribution in [0.4, 0.5) is 13.2 Å². The Morgan fingerprint density at radius 3 is 2.54 bits per heavy atom. The normalized spacial score (nSPS) is 26.0. The summed E-state index contributed by atoms with van der Waals surface area (Å²) in [5.74, 6) is -2.87. The number of aromatic nitrogens is 2. The number of allylic oxidation sites excluding steroid dienone is 2. The van der Waals surface area contributed by atoms with Crippen molar-refractivity contribution in [2.24, 2.45) is 11.3 Å². The SMILES string of the molecule is Cc1cc(C(=O)N[C@H]2CCCCC/C=C\[C@@H]3C[C@@]3(C(=O)NS(=O)(=O)C3CC3)CC(=O)[C@@H]3C[C@@H](Oc4nc5ccccc5c5cc(OC(F)(F)F)ccc45)CN3C2=O)no1. The second-order valence-electron chi connectivity index (χ2n) is 15.9. The molecule has 0 spiro atoms. The predicted octanol–water partition coefficient (Wildman–Crippen LogP) is 5.82. The monoisotopic (exact) mass is 837 g/mol. The number of carbonyl (C=O) groups excluding carboxylic acids is 4. The number of ether oxygens (including phenoxy) is 2. The molecule has 0 bridgehead atoms. The highest BCUT2D eigenvalue weighted by Gasteiger charge is 2.61. The van der Waals surface area contributed by atoms with Gasteiger partial charge in [-0.3, -0.25) is 23.9 Å². The van der Waals surface area contributed by atoms with Crippen LogP contribution in [0.25, 0.3) is 21.7 Å². The van der Waals surface area contributed by atoms with Gasteiger partial charge in [0.2, 0.25) is 27.7 Å². The molecule has 0 radical (unpaired) electrons. The van der Waals surface area contributed by atoms with Crippen LogP contribution in [0.5, 0.6) is 11.6 Å². The van der Waals surface area contributed by atoms with Gasteiger partial charge in [0.1, 0.15) is 23.7 Å². The lowest BCUT2D eigenvalue weighted by atomic mass is 9.91. The third-order valence-corrected chi connectivity index (χ3v) is 13.4. The predicted molar refractivity (Wildman–Crippen MR) is 205 cm³/mol. The van der Waals surface area contributed by atoms with E-state index in [-0.39, 0.29) is 43.8 Å². The molecule has 0 unspecified atom stereocenters. The molecular weight excluding hydrogens is 796 g/mol. The number of nitrogens with zero attached hydrogens (tertiary/aromatic N) is 3. The minimum atomic E-state index is -4.93. The van der Waals surface area contributed by atoms with Crippen molar-refractivity contribution in [1.82, 2.24) is 25.1 Å². The maximum atomic E-state index is 14.7. The van der Waals surface area contributed by atoms with Gasteiger partial charge in [0.05, 0.1) is 28.8 Å². The summed E-state index contributed by atoms with van der Waals surface area (Å²) >= 11 is 0. The molecule has 2 aliphatic carbocycles. The molecule has 4 aromatic rings. The quantitative estimate of drug-likeness (QED) is 0.161. The number of aryl methyl sites for hydroxylation is 1. The minimum Gasteiger partial charge on any atom is -0.472 e. The zero-order valence-corrected chi connectivity index (χ0v) is 32.8. The number of fused-ring (bicyclic) bond motifs is 5. The number of alkyl halides is 3. The topological polar surface area (TPSA) is 187 Å². The van der Waals surface area contributed by atoms with E-state index in [1.807, 2.05) is 12.2 Å². The molecule has 2 aromatic heterocycles. The molecular formula is C41H42F3N5O9S. The number of benzene rings is 2. The van der Waals surface area contributed by atoms with Crippen LogP contribution in [0, 0.1) is 18.3 Å². The van der Waals surface area contributed by atoms with Crippen molar-refractivity contribution in [2.75, 3.05) is 6.54 Å². The molecule has 3 amide bonds. The summed E-state index contributed by atoms with van der Waals surface area (Å²) in [6, 6.07) is 9.77. The van der Waals surface area contributed by atoms with E-state index >= 15 is 0 Å². The third-order valence-electron chi connectivity index (χ3n) is 11.5. The van der Waals surface area contributed by atoms with E-state index in [0.717, 1.165) is 12.5 Å². The van der Waals surface area contributed by atoms with Gasteiger partial charge in [-0.2, -0.15) is 0 Å². The number of ketones is 1. The lowest BCUT2D eigenvalue weighted by molar-refractivity contribution is -0.274. The molecule has 2 saturated carbocycles. The van der Waals surface area contributed by atoms with Crippen LogP contribution in [0.1, 0.15) is 80.5 Å². The van der Waals surface area contributed by atoms with Crippen LogP contribution in [-0.2, 0) is 24.4 Å². The van der Waals surface area contributed by atoms with Crippen molar-refractivity contribution in [3.63, 3.8) is 0 Å². The first-order chi connectivity index (χ1) is 28.1. The zero-order valence-electron chi connectivity index (χ0n) is 32.0. The second-order valence-corrected chi connectivity index (χ2v) is 17.8. The first-order valence-corrected chi connectivity index (χ1v) is 21.2. The molecule has 1 saturated heterocycles. The zero-order chi connectivity index (χ0) is 41.7. The molecule has 312 valence electrons. The van der Waals surface area contributed by atoms with Crippen LogP contribution in [-0.4, -0.2) is 83.3 Å². The van der Waals surface area contributed by atoms with Gasteiger partial charge in [0, 0.05) is 35.1 Å². The van der Waals surface area contributed by atoms with Gasteiger partial charge in [-0.15, -0.1) is 13.2 Å². The highest BCUT2D eigenvalue weighted by molar-refractivity contribution is 7.90. The maximum Gasteiger partial charge on any atom is 0.573 e. The van der Waals surface area contributed by atoms with E-state index in [0.29, 0.717) is 59.5 Å². The summed E-state index contributed by atoms with van der Waals surface area (Å²) < 4.78 is 83.4. The lowest BCUT2D eigenvalue weighted by Crippen LogP contribution is -2.52. The average molecular weight is 838 g/mol. The molecule has 3 fully saturated rings. The van der Waals surface area contributed by atoms with Gasteiger partial charge in [-0.1, -0.05) is 48.3 Å². The fourth-order valence-corrected chi connectivity index (χ4v) is 9.63. The van der Waals surface area contributed by atoms with Crippen molar-refractivity contribution in [3.8, 4) is 11.6 Å². The van der Waals surface area contributed by atoms with Crippen molar-refractivity contribution >= 4 is 55.2 Å². The van der Waals surface area contributed by atoms with E-state index in [1.165, 1.54) is 23.1 Å². The highest BCUT2D eigenvalue weighted by atomic mass is 32.2. The number of para-hydroxylation sites is 1. The Morgan fingerprint density at radius 1 is 1.00 bits per heavy atom. The maximum absolute atomic E-state index is 14.7. The van der Waals surface area contributed by atoms with Crippen LogP contribution < -0.4 is 19.5 Å². The Balaban J connectivity index is 1.13. The van der Waals surface area contributed by atoms with Crippen LogP contribution in [0.15, 0.2) is 65.2 Å². The number of carbonyl (C=O) groups is 4. The molecule has 2 aliphatic heterocycles. The van der Waals surface area contributed by atoms with E-state index in [1.54, 1.807) is 31.2 Å². The molecule has 4 aliphatic rings. The molecule has 5 atom stereocenters. The van der Waals surface area contributed by atoms with Gasteiger partial charge >= 0.3 is 6.36 Å². The highest BCUT2D eigenvalue weighted by Crippen LogP contribution is 2.57. The minimum absolute atomic E-state index is 0.0292. The fourth-order valence-electron chi connectivity index (χ4n) is 8.24. The number of halogens is 3. The van der Waals surface area contributed by atoms with Crippen molar-refractivity contribution in [2.45, 2.75) is 101 Å². The Labute approximate surface area is 336 Å². The largest absolute Gasteiger partial charge is 0.573 e. The van der Waals surface area contributed by atoms with Crippen molar-refractivity contribution in [3.05, 3.63) is 72.1 Å². The molecule has 59 heavy (non-hydrogen) atoms. The van der Waals surface area contributed by atoms with E-state index in [9.17, 15) is 40.8 Å². The van der Waals surface area contributed by atoms with Crippen molar-refractivity contribution < 1.29 is 54.8 Å². The molecule has 8 rings (SSSR count). The summed E-state index contributed by atoms with van der Waals surface area (Å²) in [7, 11) is -3.93. The average Bonchev–Trinajstić information content (AvgIpc) is 4.07. The Morgan fingerprint density at radius 2 is 1.80 bits per heavy atom. The fraction of sp³-hybridized carbons (Fsp3) is 0.463. The van der Waals surface area contributed by atoms with Crippen LogP contribution in [0.3, 0.4) is 0 Å². The number of nitrogens with one attached hydrogen (secondary N) is 2.